The maximum Gasteiger partial charge on any atom is 1.00 e. The van der Waals surface area contributed by atoms with Crippen molar-refractivity contribution in [2.24, 2.45) is 11.8 Å². The number of aliphatic hydroxyl groups excluding tert-OH is 1. The van der Waals surface area contributed by atoms with Gasteiger partial charge in [0.15, 0.2) is 5.13 Å². The van der Waals surface area contributed by atoms with Gasteiger partial charge in [0.1, 0.15) is 0 Å². The number of amides is 1. The SMILES string of the molecule is C[C@@H](O)[C@H]1C(=O)N2C(C(=O)[O-])=C(S/C=C\c3cnc(N)s3)[C@H](C)[C@H]12.[Na+]. The van der Waals surface area contributed by atoms with Crippen LogP contribution in [0.3, 0.4) is 0 Å². The number of nitrogens with two attached hydrogens (primary N) is 1. The van der Waals surface area contributed by atoms with Gasteiger partial charge < -0.3 is 25.6 Å². The molecule has 0 radical (unpaired) electrons. The average molecular weight is 389 g/mol. The molecular weight excluding hydrogens is 373 g/mol. The monoisotopic (exact) mass is 389 g/mol. The molecule has 0 saturated carbocycles. The van der Waals surface area contributed by atoms with Crippen molar-refractivity contribution in [3.8, 4) is 0 Å². The molecule has 1 aromatic rings. The Kier molecular flexibility index (Phi) is 6.40. The molecule has 0 aromatic carbocycles. The molecule has 2 aliphatic rings. The zero-order chi connectivity index (χ0) is 17.6. The van der Waals surface area contributed by atoms with E-state index in [9.17, 15) is 19.8 Å². The van der Waals surface area contributed by atoms with E-state index in [0.29, 0.717) is 10.0 Å². The smallest absolute Gasteiger partial charge is 0.543 e. The van der Waals surface area contributed by atoms with Crippen LogP contribution in [-0.2, 0) is 9.59 Å². The predicted octanol–water partition coefficient (Wildman–Crippen LogP) is -2.75. The molecule has 0 spiro atoms. The first-order valence-corrected chi connectivity index (χ1v) is 9.03. The summed E-state index contributed by atoms with van der Waals surface area (Å²) in [6, 6.07) is -0.333. The third kappa shape index (κ3) is 3.54. The minimum Gasteiger partial charge on any atom is -0.543 e. The summed E-state index contributed by atoms with van der Waals surface area (Å²) in [5, 5.41) is 23.5. The molecular formula is C15H16N3NaO4S2. The summed E-state index contributed by atoms with van der Waals surface area (Å²) < 4.78 is 0. The van der Waals surface area contributed by atoms with E-state index in [1.54, 1.807) is 24.6 Å². The van der Waals surface area contributed by atoms with E-state index in [0.717, 1.165) is 4.88 Å². The van der Waals surface area contributed by atoms with Gasteiger partial charge in [0, 0.05) is 21.9 Å². The maximum absolute atomic E-state index is 12.2. The van der Waals surface area contributed by atoms with Crippen molar-refractivity contribution in [3.63, 3.8) is 0 Å². The van der Waals surface area contributed by atoms with Gasteiger partial charge in [-0.3, -0.25) is 4.79 Å². The molecule has 7 nitrogen and oxygen atoms in total. The first kappa shape index (κ1) is 20.5. The molecule has 0 aliphatic carbocycles. The molecule has 3 heterocycles. The second kappa shape index (κ2) is 7.81. The van der Waals surface area contributed by atoms with Crippen molar-refractivity contribution in [2.45, 2.75) is 26.0 Å². The molecule has 1 aromatic heterocycles. The van der Waals surface area contributed by atoms with E-state index in [1.807, 2.05) is 6.92 Å². The molecule has 1 fully saturated rings. The topological polar surface area (TPSA) is 120 Å². The fraction of sp³-hybridized carbons (Fsp3) is 0.400. The summed E-state index contributed by atoms with van der Waals surface area (Å²) in [5.41, 5.74) is 5.47. The summed E-state index contributed by atoms with van der Waals surface area (Å²) in [4.78, 5) is 30.3. The Labute approximate surface area is 175 Å². The molecule has 10 heteroatoms. The summed E-state index contributed by atoms with van der Waals surface area (Å²) in [7, 11) is 0. The zero-order valence-corrected chi connectivity index (χ0v) is 17.6. The zero-order valence-electron chi connectivity index (χ0n) is 14.0. The number of aliphatic carboxylic acids is 1. The number of carbonyl (C=O) groups is 2. The van der Waals surface area contributed by atoms with Gasteiger partial charge in [0.2, 0.25) is 5.91 Å². The van der Waals surface area contributed by atoms with E-state index in [4.69, 9.17) is 5.73 Å². The van der Waals surface area contributed by atoms with Crippen molar-refractivity contribution >= 4 is 46.2 Å². The van der Waals surface area contributed by atoms with Crippen molar-refractivity contribution in [3.05, 3.63) is 27.1 Å². The minimum absolute atomic E-state index is 0. The van der Waals surface area contributed by atoms with E-state index in [-0.39, 0.29) is 53.1 Å². The quantitative estimate of drug-likeness (QED) is 0.414. The average Bonchev–Trinajstić information content (AvgIpc) is 3.00. The van der Waals surface area contributed by atoms with Crippen LogP contribution in [-0.4, -0.2) is 39.0 Å². The number of fused-ring (bicyclic) bond motifs is 1. The summed E-state index contributed by atoms with van der Waals surface area (Å²) in [6.07, 6.45) is 2.60. The Balaban J connectivity index is 0.00000225. The molecule has 25 heavy (non-hydrogen) atoms. The Morgan fingerprint density at radius 1 is 1.60 bits per heavy atom. The van der Waals surface area contributed by atoms with Crippen molar-refractivity contribution in [1.29, 1.82) is 0 Å². The summed E-state index contributed by atoms with van der Waals surface area (Å²) in [5.74, 6) is -2.50. The van der Waals surface area contributed by atoms with Crippen molar-refractivity contribution in [2.75, 3.05) is 5.73 Å². The largest absolute Gasteiger partial charge is 1.00 e. The van der Waals surface area contributed by atoms with Crippen molar-refractivity contribution in [1.82, 2.24) is 9.88 Å². The van der Waals surface area contributed by atoms with Gasteiger partial charge in [-0.1, -0.05) is 30.0 Å². The second-order valence-electron chi connectivity index (χ2n) is 5.78. The van der Waals surface area contributed by atoms with Crippen LogP contribution in [0.4, 0.5) is 5.13 Å². The number of aromatic nitrogens is 1. The third-order valence-corrected chi connectivity index (χ3v) is 6.15. The van der Waals surface area contributed by atoms with Gasteiger partial charge in [0.25, 0.3) is 0 Å². The van der Waals surface area contributed by atoms with E-state index < -0.39 is 18.0 Å². The van der Waals surface area contributed by atoms with Crippen LogP contribution in [0.1, 0.15) is 18.7 Å². The van der Waals surface area contributed by atoms with Gasteiger partial charge in [-0.2, -0.15) is 0 Å². The van der Waals surface area contributed by atoms with Crippen LogP contribution >= 0.6 is 23.1 Å². The van der Waals surface area contributed by atoms with Crippen LogP contribution in [0, 0.1) is 11.8 Å². The number of nitrogen functional groups attached to an aromatic ring is 1. The van der Waals surface area contributed by atoms with Crippen molar-refractivity contribution < 1.29 is 49.4 Å². The van der Waals surface area contributed by atoms with E-state index in [1.165, 1.54) is 28.0 Å². The van der Waals surface area contributed by atoms with Crippen LogP contribution in [0.15, 0.2) is 22.2 Å². The van der Waals surface area contributed by atoms with Gasteiger partial charge >= 0.3 is 29.6 Å². The van der Waals surface area contributed by atoms with Gasteiger partial charge in [-0.25, -0.2) is 4.98 Å². The first-order chi connectivity index (χ1) is 11.3. The Hall–Kier alpha value is -0.840. The molecule has 0 unspecified atom stereocenters. The number of anilines is 1. The van der Waals surface area contributed by atoms with Gasteiger partial charge in [-0.15, -0.1) is 0 Å². The number of thioether (sulfide) groups is 1. The van der Waals surface area contributed by atoms with Crippen LogP contribution in [0.2, 0.25) is 0 Å². The van der Waals surface area contributed by atoms with Crippen LogP contribution in [0.5, 0.6) is 0 Å². The Morgan fingerprint density at radius 3 is 2.80 bits per heavy atom. The molecule has 1 saturated heterocycles. The van der Waals surface area contributed by atoms with Crippen LogP contribution < -0.4 is 40.4 Å². The predicted molar refractivity (Wildman–Crippen MR) is 90.2 cm³/mol. The number of β-lactam (4-membered cyclic amide) rings is 1. The fourth-order valence-corrected chi connectivity index (χ4v) is 4.90. The van der Waals surface area contributed by atoms with E-state index >= 15 is 0 Å². The molecule has 0 bridgehead atoms. The van der Waals surface area contributed by atoms with E-state index in [2.05, 4.69) is 4.98 Å². The Bertz CT molecular complexity index is 762. The summed E-state index contributed by atoms with van der Waals surface area (Å²) in [6.45, 7) is 3.40. The molecule has 4 atom stereocenters. The Morgan fingerprint density at radius 2 is 2.28 bits per heavy atom. The second-order valence-corrected chi connectivity index (χ2v) is 7.82. The number of aliphatic hydroxyl groups is 1. The normalized spacial score (nSPS) is 26.4. The number of rotatable bonds is 5. The van der Waals surface area contributed by atoms with Crippen LogP contribution in [0.25, 0.3) is 6.08 Å². The molecule has 1 amide bonds. The molecule has 3 N–H and O–H groups in total. The van der Waals surface area contributed by atoms with Gasteiger partial charge in [0.05, 0.1) is 29.7 Å². The molecule has 128 valence electrons. The number of nitrogens with zero attached hydrogens (tertiary/aromatic N) is 2. The number of hydrogen-bond acceptors (Lipinski definition) is 8. The molecule has 3 rings (SSSR count). The van der Waals surface area contributed by atoms with Gasteiger partial charge in [-0.05, 0) is 18.4 Å². The number of thiazole rings is 1. The number of hydrogen-bond donors (Lipinski definition) is 2. The molecule has 2 aliphatic heterocycles. The number of carboxylic acid groups (broad SMARTS) is 1. The maximum atomic E-state index is 12.2. The fourth-order valence-electron chi connectivity index (χ4n) is 3.22. The minimum atomic E-state index is -1.38. The standard InChI is InChI=1S/C15H17N3O4S2.Na/c1-6-10-9(7(2)19)13(20)18(10)11(14(21)22)12(6)23-4-3-8-5-17-15(16)24-8;/h3-7,9-10,19H,1-2H3,(H2,16,17)(H,21,22);/q;+1/p-1/b4-3-;/t6-,7-,9-,10-;/m1./s1. The number of carbonyl (C=O) groups excluding carboxylic acids is 2. The first-order valence-electron chi connectivity index (χ1n) is 7.34. The third-order valence-electron chi connectivity index (χ3n) is 4.27. The summed E-state index contributed by atoms with van der Waals surface area (Å²) >= 11 is 2.56. The number of carboxylic acids is 1.